The maximum Gasteiger partial charge on any atom is 0.312 e. The average Bonchev–Trinajstić information content (AvgIpc) is 2.73. The summed E-state index contributed by atoms with van der Waals surface area (Å²) in [5.41, 5.74) is 0.448. The van der Waals surface area contributed by atoms with Crippen molar-refractivity contribution < 1.29 is 22.9 Å². The predicted molar refractivity (Wildman–Crippen MR) is 101 cm³/mol. The maximum absolute atomic E-state index is 12.9. The Kier molecular flexibility index (Phi) is 5.75. The molecule has 1 aliphatic rings. The van der Waals surface area contributed by atoms with Crippen LogP contribution in [0.3, 0.4) is 0 Å². The van der Waals surface area contributed by atoms with Crippen molar-refractivity contribution in [3.63, 3.8) is 0 Å². The first kappa shape index (κ1) is 20.6. The van der Waals surface area contributed by atoms with E-state index in [9.17, 15) is 23.3 Å². The first-order valence-corrected chi connectivity index (χ1v) is 10.1. The SMILES string of the molecule is COc1ccc(S(=O)(=O)N2CCN(C(=O)c3cnc(C)cn3)CC2)cc1[N+](=O)[O-]. The van der Waals surface area contributed by atoms with Crippen molar-refractivity contribution in [3.05, 3.63) is 52.1 Å². The highest BCUT2D eigenvalue weighted by Crippen LogP contribution is 2.30. The molecular weight excluding hydrogens is 402 g/mol. The molecule has 2 aromatic rings. The van der Waals surface area contributed by atoms with Crippen LogP contribution in [0.2, 0.25) is 0 Å². The zero-order valence-electron chi connectivity index (χ0n) is 15.8. The molecule has 1 saturated heterocycles. The molecule has 0 radical (unpaired) electrons. The number of aromatic nitrogens is 2. The van der Waals surface area contributed by atoms with E-state index in [0.717, 1.165) is 6.07 Å². The minimum atomic E-state index is -3.96. The molecule has 11 nitrogen and oxygen atoms in total. The van der Waals surface area contributed by atoms with Crippen LogP contribution in [0.15, 0.2) is 35.5 Å². The highest BCUT2D eigenvalue weighted by atomic mass is 32.2. The molecule has 0 unspecified atom stereocenters. The first-order valence-electron chi connectivity index (χ1n) is 8.64. The molecule has 1 aromatic heterocycles. The van der Waals surface area contributed by atoms with Gasteiger partial charge in [0.1, 0.15) is 5.69 Å². The standard InChI is InChI=1S/C17H19N5O6S/c1-12-10-19-14(11-18-12)17(23)20-5-7-21(8-6-20)29(26,27)13-3-4-16(28-2)15(9-13)22(24)25/h3-4,9-11H,5-8H2,1-2H3. The van der Waals surface area contributed by atoms with Crippen LogP contribution in [0.1, 0.15) is 16.2 Å². The molecule has 0 atom stereocenters. The van der Waals surface area contributed by atoms with Crippen LogP contribution < -0.4 is 4.74 Å². The summed E-state index contributed by atoms with van der Waals surface area (Å²) in [5, 5.41) is 11.2. The minimum Gasteiger partial charge on any atom is -0.490 e. The largest absolute Gasteiger partial charge is 0.490 e. The summed E-state index contributed by atoms with van der Waals surface area (Å²) >= 11 is 0. The van der Waals surface area contributed by atoms with Gasteiger partial charge in [0.15, 0.2) is 5.75 Å². The van der Waals surface area contributed by atoms with E-state index in [0.29, 0.717) is 5.69 Å². The molecule has 0 bridgehead atoms. The summed E-state index contributed by atoms with van der Waals surface area (Å²) in [6.45, 7) is 2.23. The molecule has 0 saturated carbocycles. The van der Waals surface area contributed by atoms with E-state index in [2.05, 4.69) is 9.97 Å². The number of ether oxygens (including phenoxy) is 1. The van der Waals surface area contributed by atoms with E-state index < -0.39 is 20.6 Å². The Bertz CT molecular complexity index is 1030. The third-order valence-electron chi connectivity index (χ3n) is 4.51. The van der Waals surface area contributed by atoms with Crippen LogP contribution in [-0.2, 0) is 10.0 Å². The molecule has 0 aliphatic carbocycles. The number of carbonyl (C=O) groups is 1. The second kappa shape index (κ2) is 8.09. The van der Waals surface area contributed by atoms with Gasteiger partial charge in [0.05, 0.1) is 28.8 Å². The number of rotatable bonds is 5. The number of benzene rings is 1. The van der Waals surface area contributed by atoms with Crippen LogP contribution in [0, 0.1) is 17.0 Å². The first-order chi connectivity index (χ1) is 13.7. The second-order valence-electron chi connectivity index (χ2n) is 6.33. The van der Waals surface area contributed by atoms with Crippen molar-refractivity contribution in [2.45, 2.75) is 11.8 Å². The Labute approximate surface area is 167 Å². The van der Waals surface area contributed by atoms with Gasteiger partial charge in [0, 0.05) is 38.4 Å². The molecule has 1 aliphatic heterocycles. The fourth-order valence-electron chi connectivity index (χ4n) is 2.92. The molecule has 1 amide bonds. The monoisotopic (exact) mass is 421 g/mol. The number of nitrogens with zero attached hydrogens (tertiary/aromatic N) is 5. The van der Waals surface area contributed by atoms with Gasteiger partial charge in [-0.15, -0.1) is 0 Å². The Balaban J connectivity index is 1.74. The van der Waals surface area contributed by atoms with Crippen LogP contribution >= 0.6 is 0 Å². The number of hydrogen-bond acceptors (Lipinski definition) is 8. The number of piperazine rings is 1. The highest BCUT2D eigenvalue weighted by molar-refractivity contribution is 7.89. The van der Waals surface area contributed by atoms with E-state index in [1.807, 2.05) is 0 Å². The Morgan fingerprint density at radius 2 is 1.86 bits per heavy atom. The molecule has 0 N–H and O–H groups in total. The van der Waals surface area contributed by atoms with Gasteiger partial charge in [-0.1, -0.05) is 0 Å². The summed E-state index contributed by atoms with van der Waals surface area (Å²) in [7, 11) is -2.69. The zero-order chi connectivity index (χ0) is 21.2. The fraction of sp³-hybridized carbons (Fsp3) is 0.353. The number of hydrogen-bond donors (Lipinski definition) is 0. The number of aryl methyl sites for hydroxylation is 1. The summed E-state index contributed by atoms with van der Waals surface area (Å²) in [5.74, 6) is -0.349. The highest BCUT2D eigenvalue weighted by Gasteiger charge is 2.32. The zero-order valence-corrected chi connectivity index (χ0v) is 16.6. The van der Waals surface area contributed by atoms with E-state index in [4.69, 9.17) is 4.74 Å². The smallest absolute Gasteiger partial charge is 0.312 e. The van der Waals surface area contributed by atoms with Crippen molar-refractivity contribution in [1.82, 2.24) is 19.2 Å². The fourth-order valence-corrected chi connectivity index (χ4v) is 4.36. The van der Waals surface area contributed by atoms with Gasteiger partial charge in [-0.25, -0.2) is 13.4 Å². The van der Waals surface area contributed by atoms with Crippen molar-refractivity contribution in [2.75, 3.05) is 33.3 Å². The molecule has 1 aromatic carbocycles. The van der Waals surface area contributed by atoms with E-state index in [1.165, 1.54) is 40.8 Å². The lowest BCUT2D eigenvalue weighted by Crippen LogP contribution is -2.50. The predicted octanol–water partition coefficient (Wildman–Crippen LogP) is 0.849. The third-order valence-corrected chi connectivity index (χ3v) is 6.41. The quantitative estimate of drug-likeness (QED) is 0.512. The normalized spacial score (nSPS) is 15.2. The van der Waals surface area contributed by atoms with Crippen LogP contribution in [0.25, 0.3) is 0 Å². The lowest BCUT2D eigenvalue weighted by molar-refractivity contribution is -0.386. The number of sulfonamides is 1. The summed E-state index contributed by atoms with van der Waals surface area (Å²) in [6, 6.07) is 3.50. The maximum atomic E-state index is 12.9. The van der Waals surface area contributed by atoms with Gasteiger partial charge in [0.25, 0.3) is 5.91 Å². The van der Waals surface area contributed by atoms with Crippen LogP contribution in [0.5, 0.6) is 5.75 Å². The molecular formula is C17H19N5O6S. The summed E-state index contributed by atoms with van der Waals surface area (Å²) < 4.78 is 31.9. The molecule has 2 heterocycles. The molecule has 12 heteroatoms. The molecule has 0 spiro atoms. The molecule has 3 rings (SSSR count). The van der Waals surface area contributed by atoms with E-state index >= 15 is 0 Å². The number of methoxy groups -OCH3 is 1. The summed E-state index contributed by atoms with van der Waals surface area (Å²) in [6.07, 6.45) is 2.88. The minimum absolute atomic E-state index is 0.0245. The molecule has 1 fully saturated rings. The lowest BCUT2D eigenvalue weighted by Gasteiger charge is -2.33. The van der Waals surface area contributed by atoms with Crippen molar-refractivity contribution >= 4 is 21.6 Å². The number of nitro benzene ring substituents is 1. The number of amides is 1. The van der Waals surface area contributed by atoms with Crippen LogP contribution in [-0.4, -0.2) is 71.7 Å². The third kappa shape index (κ3) is 4.17. The molecule has 154 valence electrons. The van der Waals surface area contributed by atoms with Gasteiger partial charge in [-0.05, 0) is 19.1 Å². The Morgan fingerprint density at radius 3 is 2.41 bits per heavy atom. The summed E-state index contributed by atoms with van der Waals surface area (Å²) in [4.78, 5) is 32.4. The Morgan fingerprint density at radius 1 is 1.17 bits per heavy atom. The molecule has 29 heavy (non-hydrogen) atoms. The van der Waals surface area contributed by atoms with Crippen molar-refractivity contribution in [1.29, 1.82) is 0 Å². The van der Waals surface area contributed by atoms with Gasteiger partial charge >= 0.3 is 5.69 Å². The second-order valence-corrected chi connectivity index (χ2v) is 8.27. The van der Waals surface area contributed by atoms with Crippen LogP contribution in [0.4, 0.5) is 5.69 Å². The average molecular weight is 421 g/mol. The number of nitro groups is 1. The van der Waals surface area contributed by atoms with Crippen molar-refractivity contribution in [3.8, 4) is 5.75 Å². The number of carbonyl (C=O) groups excluding carboxylic acids is 1. The Hall–Kier alpha value is -3.12. The van der Waals surface area contributed by atoms with Gasteiger partial charge in [-0.3, -0.25) is 19.9 Å². The van der Waals surface area contributed by atoms with Crippen molar-refractivity contribution in [2.24, 2.45) is 0 Å². The topological polar surface area (TPSA) is 136 Å². The van der Waals surface area contributed by atoms with Gasteiger partial charge in [0.2, 0.25) is 10.0 Å². The van der Waals surface area contributed by atoms with E-state index in [-0.39, 0.29) is 48.4 Å². The van der Waals surface area contributed by atoms with Gasteiger partial charge in [-0.2, -0.15) is 4.31 Å². The van der Waals surface area contributed by atoms with Gasteiger partial charge < -0.3 is 9.64 Å². The lowest BCUT2D eigenvalue weighted by atomic mass is 10.3. The van der Waals surface area contributed by atoms with E-state index in [1.54, 1.807) is 6.92 Å².